The maximum Gasteiger partial charge on any atom is 0.104 e. The normalized spacial score (nSPS) is 12.9. The van der Waals surface area contributed by atoms with Gasteiger partial charge in [0.05, 0.1) is 12.2 Å². The molecule has 1 unspecified atom stereocenters. The lowest BCUT2D eigenvalue weighted by Crippen LogP contribution is -2.23. The van der Waals surface area contributed by atoms with Crippen LogP contribution in [0.1, 0.15) is 30.6 Å². The summed E-state index contributed by atoms with van der Waals surface area (Å²) in [6, 6.07) is 2.28. The Hall–Kier alpha value is -1.20. The summed E-state index contributed by atoms with van der Waals surface area (Å²) in [5, 5.41) is 18.3. The molecule has 0 aliphatic heterocycles. The Morgan fingerprint density at radius 1 is 1.60 bits per heavy atom. The molecule has 1 atom stereocenters. The van der Waals surface area contributed by atoms with Crippen molar-refractivity contribution < 1.29 is 0 Å². The van der Waals surface area contributed by atoms with Crippen LogP contribution in [0.3, 0.4) is 0 Å². The fourth-order valence-electron chi connectivity index (χ4n) is 1.47. The molecule has 2 rings (SSSR count). The van der Waals surface area contributed by atoms with Gasteiger partial charge in [0.25, 0.3) is 0 Å². The van der Waals surface area contributed by atoms with Crippen LogP contribution in [0.5, 0.6) is 0 Å². The number of aromatic nitrogens is 3. The van der Waals surface area contributed by atoms with E-state index in [-0.39, 0.29) is 6.04 Å². The number of rotatable bonds is 5. The third-order valence-corrected chi connectivity index (χ3v) is 2.91. The minimum Gasteiger partial charge on any atom is -0.305 e. The second kappa shape index (κ2) is 5.04. The number of H-pyrrole nitrogens is 1. The van der Waals surface area contributed by atoms with E-state index < -0.39 is 0 Å². The number of nitrogens with one attached hydrogen (secondary N) is 2. The highest BCUT2D eigenvalue weighted by atomic mass is 32.1. The number of thiophene rings is 1. The lowest BCUT2D eigenvalue weighted by Gasteiger charge is -2.14. The molecule has 0 saturated heterocycles. The van der Waals surface area contributed by atoms with Gasteiger partial charge in [-0.15, -0.1) is 0 Å². The van der Waals surface area contributed by atoms with E-state index in [9.17, 15) is 0 Å². The van der Waals surface area contributed by atoms with Gasteiger partial charge < -0.3 is 5.32 Å². The zero-order valence-corrected chi connectivity index (χ0v) is 9.42. The van der Waals surface area contributed by atoms with Crippen molar-refractivity contribution in [3.8, 4) is 0 Å². The van der Waals surface area contributed by atoms with Crippen LogP contribution in [-0.4, -0.2) is 22.0 Å². The molecule has 4 nitrogen and oxygen atoms in total. The van der Waals surface area contributed by atoms with Crippen LogP contribution in [0, 0.1) is 0 Å². The molecule has 15 heavy (non-hydrogen) atoms. The first-order valence-corrected chi connectivity index (χ1v) is 5.97. The number of aromatic amines is 1. The van der Waals surface area contributed by atoms with E-state index in [1.54, 1.807) is 17.5 Å². The minimum absolute atomic E-state index is 0.162. The molecule has 2 aromatic rings. The molecule has 0 bridgehead atoms. The molecule has 0 aliphatic rings. The van der Waals surface area contributed by atoms with Crippen molar-refractivity contribution in [2.45, 2.75) is 19.4 Å². The first-order valence-electron chi connectivity index (χ1n) is 5.03. The zero-order valence-electron chi connectivity index (χ0n) is 8.60. The second-order valence-corrected chi connectivity index (χ2v) is 4.12. The van der Waals surface area contributed by atoms with Crippen molar-refractivity contribution in [1.82, 2.24) is 20.7 Å². The summed E-state index contributed by atoms with van der Waals surface area (Å²) >= 11 is 1.70. The van der Waals surface area contributed by atoms with Gasteiger partial charge in [-0.2, -0.15) is 26.7 Å². The average Bonchev–Trinajstić information content (AvgIpc) is 2.90. The van der Waals surface area contributed by atoms with Crippen LogP contribution < -0.4 is 5.32 Å². The Morgan fingerprint density at radius 3 is 3.13 bits per heavy atom. The third kappa shape index (κ3) is 2.43. The average molecular weight is 222 g/mol. The van der Waals surface area contributed by atoms with Crippen molar-refractivity contribution in [1.29, 1.82) is 0 Å². The van der Waals surface area contributed by atoms with E-state index in [2.05, 4.69) is 44.5 Å². The highest BCUT2D eigenvalue weighted by molar-refractivity contribution is 7.08. The topological polar surface area (TPSA) is 53.6 Å². The van der Waals surface area contributed by atoms with Gasteiger partial charge in [-0.05, 0) is 35.4 Å². The molecule has 2 aromatic heterocycles. The molecule has 2 N–H and O–H groups in total. The lowest BCUT2D eigenvalue weighted by atomic mass is 10.1. The summed E-state index contributed by atoms with van der Waals surface area (Å²) in [5.74, 6) is 0. The van der Waals surface area contributed by atoms with Crippen molar-refractivity contribution >= 4 is 11.3 Å². The predicted octanol–water partition coefficient (Wildman–Crippen LogP) is 1.96. The fourth-order valence-corrected chi connectivity index (χ4v) is 2.16. The molecule has 0 aromatic carbocycles. The van der Waals surface area contributed by atoms with E-state index in [4.69, 9.17) is 0 Å². The molecule has 0 saturated carbocycles. The van der Waals surface area contributed by atoms with E-state index in [0.717, 1.165) is 18.7 Å². The zero-order chi connectivity index (χ0) is 10.5. The van der Waals surface area contributed by atoms with Gasteiger partial charge >= 0.3 is 0 Å². The standard InChI is InChI=1S/C10H14N4S/c1-2-4-11-10(8-3-5-15-7-8)9-6-12-14-13-9/h3,5-7,10-11H,2,4H2,1H3,(H,12,13,14). The Balaban J connectivity index is 2.17. The maximum absolute atomic E-state index is 4.13. The van der Waals surface area contributed by atoms with Gasteiger partial charge in [0.1, 0.15) is 5.69 Å². The van der Waals surface area contributed by atoms with Crippen molar-refractivity contribution in [3.63, 3.8) is 0 Å². The van der Waals surface area contributed by atoms with Crippen LogP contribution in [0.2, 0.25) is 0 Å². The number of nitrogens with zero attached hydrogens (tertiary/aromatic N) is 2. The largest absolute Gasteiger partial charge is 0.305 e. The summed E-state index contributed by atoms with van der Waals surface area (Å²) in [5.41, 5.74) is 2.20. The molecule has 0 radical (unpaired) electrons. The van der Waals surface area contributed by atoms with Gasteiger partial charge in [0.2, 0.25) is 0 Å². The van der Waals surface area contributed by atoms with Crippen molar-refractivity contribution in [3.05, 3.63) is 34.3 Å². The maximum atomic E-state index is 4.13. The molecule has 5 heteroatoms. The molecule has 0 amide bonds. The fraction of sp³-hybridized carbons (Fsp3) is 0.400. The molecule has 0 fully saturated rings. The predicted molar refractivity (Wildman–Crippen MR) is 60.8 cm³/mol. The highest BCUT2D eigenvalue weighted by Gasteiger charge is 2.15. The Bertz CT molecular complexity index is 334. The van der Waals surface area contributed by atoms with E-state index in [1.807, 2.05) is 0 Å². The van der Waals surface area contributed by atoms with Crippen LogP contribution in [0.4, 0.5) is 0 Å². The van der Waals surface area contributed by atoms with Gasteiger partial charge in [0.15, 0.2) is 0 Å². The summed E-state index contributed by atoms with van der Waals surface area (Å²) < 4.78 is 0. The number of hydrogen-bond acceptors (Lipinski definition) is 4. The molecular formula is C10H14N4S. The summed E-state index contributed by atoms with van der Waals surface area (Å²) in [4.78, 5) is 0. The molecular weight excluding hydrogens is 208 g/mol. The first-order chi connectivity index (χ1) is 7.42. The van der Waals surface area contributed by atoms with Crippen LogP contribution in [-0.2, 0) is 0 Å². The Labute approximate surface area is 92.7 Å². The van der Waals surface area contributed by atoms with Crippen LogP contribution in [0.15, 0.2) is 23.0 Å². The summed E-state index contributed by atoms with van der Waals surface area (Å²) in [6.07, 6.45) is 2.88. The van der Waals surface area contributed by atoms with Crippen LogP contribution in [0.25, 0.3) is 0 Å². The first kappa shape index (κ1) is 10.3. The van der Waals surface area contributed by atoms with Crippen LogP contribution >= 0.6 is 11.3 Å². The van der Waals surface area contributed by atoms with Gasteiger partial charge in [-0.25, -0.2) is 0 Å². The molecule has 2 heterocycles. The van der Waals surface area contributed by atoms with E-state index in [0.29, 0.717) is 0 Å². The van der Waals surface area contributed by atoms with Gasteiger partial charge in [0, 0.05) is 0 Å². The smallest absolute Gasteiger partial charge is 0.104 e. The molecule has 0 spiro atoms. The lowest BCUT2D eigenvalue weighted by molar-refractivity contribution is 0.586. The Kier molecular flexibility index (Phi) is 3.47. The number of hydrogen-bond donors (Lipinski definition) is 2. The van der Waals surface area contributed by atoms with Crippen molar-refractivity contribution in [2.75, 3.05) is 6.54 Å². The monoisotopic (exact) mass is 222 g/mol. The highest BCUT2D eigenvalue weighted by Crippen LogP contribution is 2.21. The SMILES string of the molecule is CCCNC(c1ccsc1)c1cn[nH]n1. The van der Waals surface area contributed by atoms with Gasteiger partial charge in [-0.1, -0.05) is 6.92 Å². The van der Waals surface area contributed by atoms with E-state index >= 15 is 0 Å². The molecule has 80 valence electrons. The third-order valence-electron chi connectivity index (χ3n) is 2.20. The minimum atomic E-state index is 0.162. The Morgan fingerprint density at radius 2 is 2.53 bits per heavy atom. The quantitative estimate of drug-likeness (QED) is 0.813. The summed E-state index contributed by atoms with van der Waals surface area (Å²) in [7, 11) is 0. The van der Waals surface area contributed by atoms with Crippen molar-refractivity contribution in [2.24, 2.45) is 0 Å². The van der Waals surface area contributed by atoms with Gasteiger partial charge in [-0.3, -0.25) is 0 Å². The van der Waals surface area contributed by atoms with E-state index in [1.165, 1.54) is 5.56 Å². The second-order valence-electron chi connectivity index (χ2n) is 3.34. The molecule has 0 aliphatic carbocycles. The summed E-state index contributed by atoms with van der Waals surface area (Å²) in [6.45, 7) is 3.13.